The molecule has 0 bridgehead atoms. The van der Waals surface area contributed by atoms with Gasteiger partial charge in [0.15, 0.2) is 0 Å². The fourth-order valence-corrected chi connectivity index (χ4v) is 3.18. The number of nitrogens with one attached hydrogen (secondary N) is 1. The summed E-state index contributed by atoms with van der Waals surface area (Å²) in [5.41, 5.74) is 2.32. The molecule has 19 heavy (non-hydrogen) atoms. The number of ether oxygens (including phenoxy) is 1. The third-order valence-corrected chi connectivity index (χ3v) is 4.30. The van der Waals surface area contributed by atoms with Crippen LogP contribution < -0.4 is 5.32 Å². The number of Topliss-reactive ketones (excluding diaryl/α,β-unsaturated/α-hetero) is 1. The van der Waals surface area contributed by atoms with Crippen LogP contribution in [0.4, 0.5) is 5.69 Å². The van der Waals surface area contributed by atoms with Gasteiger partial charge in [-0.3, -0.25) is 4.79 Å². The molecule has 1 atom stereocenters. The Kier molecular flexibility index (Phi) is 3.83. The van der Waals surface area contributed by atoms with Crippen LogP contribution in [0.25, 0.3) is 0 Å². The summed E-state index contributed by atoms with van der Waals surface area (Å²) in [6.45, 7) is 2.54. The fraction of sp³-hybridized carbons (Fsp3) is 0.562. The van der Waals surface area contributed by atoms with Crippen molar-refractivity contribution in [2.75, 3.05) is 25.1 Å². The van der Waals surface area contributed by atoms with Crippen LogP contribution in [0.3, 0.4) is 0 Å². The SMILES string of the molecule is O=C(CC1CCOCC1)C1CCNc2ccccc21. The van der Waals surface area contributed by atoms with Crippen LogP contribution >= 0.6 is 0 Å². The second-order valence-corrected chi connectivity index (χ2v) is 5.58. The van der Waals surface area contributed by atoms with E-state index in [2.05, 4.69) is 17.4 Å². The van der Waals surface area contributed by atoms with E-state index < -0.39 is 0 Å². The predicted molar refractivity (Wildman–Crippen MR) is 75.5 cm³/mol. The molecule has 2 heterocycles. The van der Waals surface area contributed by atoms with Crippen molar-refractivity contribution in [1.29, 1.82) is 0 Å². The molecule has 2 aliphatic heterocycles. The summed E-state index contributed by atoms with van der Waals surface area (Å²) in [4.78, 5) is 12.6. The molecule has 3 nitrogen and oxygen atoms in total. The van der Waals surface area contributed by atoms with E-state index in [1.165, 1.54) is 5.56 Å². The summed E-state index contributed by atoms with van der Waals surface area (Å²) in [5.74, 6) is 1.05. The molecule has 2 aliphatic rings. The third kappa shape index (κ3) is 2.81. The lowest BCUT2D eigenvalue weighted by Gasteiger charge is -2.28. The minimum atomic E-state index is 0.0975. The van der Waals surface area contributed by atoms with Gasteiger partial charge < -0.3 is 10.1 Å². The molecule has 1 fully saturated rings. The molecule has 1 saturated heterocycles. The Hall–Kier alpha value is -1.35. The Morgan fingerprint density at radius 3 is 2.84 bits per heavy atom. The molecule has 0 aliphatic carbocycles. The molecule has 1 aromatic carbocycles. The number of carbonyl (C=O) groups is 1. The number of anilines is 1. The van der Waals surface area contributed by atoms with Gasteiger partial charge in [0.05, 0.1) is 0 Å². The van der Waals surface area contributed by atoms with E-state index in [0.717, 1.165) is 51.1 Å². The van der Waals surface area contributed by atoms with Crippen molar-refractivity contribution in [2.45, 2.75) is 31.6 Å². The van der Waals surface area contributed by atoms with Crippen LogP contribution in [-0.2, 0) is 9.53 Å². The van der Waals surface area contributed by atoms with Crippen molar-refractivity contribution >= 4 is 11.5 Å². The van der Waals surface area contributed by atoms with Crippen molar-refractivity contribution in [1.82, 2.24) is 0 Å². The zero-order valence-corrected chi connectivity index (χ0v) is 11.2. The summed E-state index contributed by atoms with van der Waals surface area (Å²) >= 11 is 0. The minimum Gasteiger partial charge on any atom is -0.385 e. The number of hydrogen-bond acceptors (Lipinski definition) is 3. The Bertz CT molecular complexity index is 452. The number of carbonyl (C=O) groups excluding carboxylic acids is 1. The standard InChI is InChI=1S/C16H21NO2/c18-16(11-12-6-9-19-10-7-12)14-5-8-17-15-4-2-1-3-13(14)15/h1-4,12,14,17H,5-11H2. The van der Waals surface area contributed by atoms with Gasteiger partial charge in [-0.25, -0.2) is 0 Å². The first-order valence-electron chi connectivity index (χ1n) is 7.28. The van der Waals surface area contributed by atoms with E-state index in [-0.39, 0.29) is 5.92 Å². The lowest BCUT2D eigenvalue weighted by atomic mass is 9.82. The van der Waals surface area contributed by atoms with Gasteiger partial charge in [-0.05, 0) is 36.8 Å². The van der Waals surface area contributed by atoms with Crippen LogP contribution in [-0.4, -0.2) is 25.5 Å². The van der Waals surface area contributed by atoms with E-state index in [0.29, 0.717) is 11.7 Å². The number of benzene rings is 1. The van der Waals surface area contributed by atoms with E-state index in [1.54, 1.807) is 0 Å². The van der Waals surface area contributed by atoms with Gasteiger partial charge in [-0.15, -0.1) is 0 Å². The Balaban J connectivity index is 1.70. The highest BCUT2D eigenvalue weighted by molar-refractivity contribution is 5.88. The smallest absolute Gasteiger partial charge is 0.140 e. The van der Waals surface area contributed by atoms with Gasteiger partial charge in [-0.2, -0.15) is 0 Å². The maximum Gasteiger partial charge on any atom is 0.140 e. The molecule has 0 saturated carbocycles. The summed E-state index contributed by atoms with van der Waals surface area (Å²) in [7, 11) is 0. The Labute approximate surface area is 114 Å². The molecule has 0 radical (unpaired) electrons. The van der Waals surface area contributed by atoms with E-state index in [1.807, 2.05) is 12.1 Å². The van der Waals surface area contributed by atoms with E-state index >= 15 is 0 Å². The average molecular weight is 259 g/mol. The lowest BCUT2D eigenvalue weighted by Crippen LogP contribution is -2.26. The second-order valence-electron chi connectivity index (χ2n) is 5.58. The highest BCUT2D eigenvalue weighted by Gasteiger charge is 2.28. The third-order valence-electron chi connectivity index (χ3n) is 4.30. The quantitative estimate of drug-likeness (QED) is 0.907. The van der Waals surface area contributed by atoms with Crippen molar-refractivity contribution in [3.8, 4) is 0 Å². The Morgan fingerprint density at radius 1 is 1.21 bits per heavy atom. The van der Waals surface area contributed by atoms with Crippen LogP contribution in [0.1, 0.15) is 37.2 Å². The summed E-state index contributed by atoms with van der Waals surface area (Å²) < 4.78 is 5.36. The summed E-state index contributed by atoms with van der Waals surface area (Å²) in [6, 6.07) is 8.22. The largest absolute Gasteiger partial charge is 0.385 e. The van der Waals surface area contributed by atoms with Crippen molar-refractivity contribution in [2.24, 2.45) is 5.92 Å². The monoisotopic (exact) mass is 259 g/mol. The average Bonchev–Trinajstić information content (AvgIpc) is 2.47. The first kappa shape index (κ1) is 12.7. The molecule has 1 N–H and O–H groups in total. The zero-order valence-electron chi connectivity index (χ0n) is 11.2. The van der Waals surface area contributed by atoms with Gasteiger partial charge >= 0.3 is 0 Å². The number of rotatable bonds is 3. The first-order chi connectivity index (χ1) is 9.34. The van der Waals surface area contributed by atoms with Gasteiger partial charge in [-0.1, -0.05) is 18.2 Å². The molecule has 3 heteroatoms. The molecule has 1 aromatic rings. The molecule has 0 amide bonds. The molecule has 0 aromatic heterocycles. The van der Waals surface area contributed by atoms with Crippen LogP contribution in [0.5, 0.6) is 0 Å². The van der Waals surface area contributed by atoms with Gasteiger partial charge in [0.2, 0.25) is 0 Å². The maximum absolute atomic E-state index is 12.6. The summed E-state index contributed by atoms with van der Waals surface area (Å²) in [6.07, 6.45) is 3.73. The number of ketones is 1. The van der Waals surface area contributed by atoms with Gasteiger partial charge in [0.1, 0.15) is 5.78 Å². The second kappa shape index (κ2) is 5.74. The molecule has 0 spiro atoms. The molecular weight excluding hydrogens is 238 g/mol. The zero-order chi connectivity index (χ0) is 13.1. The van der Waals surface area contributed by atoms with Crippen LogP contribution in [0.15, 0.2) is 24.3 Å². The molecule has 102 valence electrons. The van der Waals surface area contributed by atoms with Crippen molar-refractivity contribution < 1.29 is 9.53 Å². The van der Waals surface area contributed by atoms with E-state index in [4.69, 9.17) is 4.74 Å². The van der Waals surface area contributed by atoms with E-state index in [9.17, 15) is 4.79 Å². The highest BCUT2D eigenvalue weighted by Crippen LogP contribution is 2.34. The van der Waals surface area contributed by atoms with Gasteiger partial charge in [0, 0.05) is 37.8 Å². The van der Waals surface area contributed by atoms with Crippen LogP contribution in [0, 0.1) is 5.92 Å². The fourth-order valence-electron chi connectivity index (χ4n) is 3.18. The number of para-hydroxylation sites is 1. The minimum absolute atomic E-state index is 0.0975. The maximum atomic E-state index is 12.6. The van der Waals surface area contributed by atoms with Crippen molar-refractivity contribution in [3.63, 3.8) is 0 Å². The topological polar surface area (TPSA) is 38.3 Å². The molecule has 3 rings (SSSR count). The number of hydrogen-bond donors (Lipinski definition) is 1. The lowest BCUT2D eigenvalue weighted by molar-refractivity contribution is -0.122. The van der Waals surface area contributed by atoms with Crippen LogP contribution in [0.2, 0.25) is 0 Å². The predicted octanol–water partition coefficient (Wildman–Crippen LogP) is 2.97. The highest BCUT2D eigenvalue weighted by atomic mass is 16.5. The first-order valence-corrected chi connectivity index (χ1v) is 7.28. The normalized spacial score (nSPS) is 23.5. The summed E-state index contributed by atoms with van der Waals surface area (Å²) in [5, 5.41) is 3.38. The Morgan fingerprint density at radius 2 is 2.00 bits per heavy atom. The molecular formula is C16H21NO2. The van der Waals surface area contributed by atoms with Gasteiger partial charge in [0.25, 0.3) is 0 Å². The van der Waals surface area contributed by atoms with Crippen molar-refractivity contribution in [3.05, 3.63) is 29.8 Å². The molecule has 1 unspecified atom stereocenters. The number of fused-ring (bicyclic) bond motifs is 1.